The summed E-state index contributed by atoms with van der Waals surface area (Å²) >= 11 is 8.65. The third-order valence-electron chi connectivity index (χ3n) is 3.80. The van der Waals surface area contributed by atoms with Crippen molar-refractivity contribution in [2.45, 2.75) is 31.3 Å². The highest BCUT2D eigenvalue weighted by Gasteiger charge is 2.29. The third-order valence-corrected chi connectivity index (χ3v) is 6.18. The smallest absolute Gasteiger partial charge is 0.0878 e. The van der Waals surface area contributed by atoms with Crippen molar-refractivity contribution in [3.8, 4) is 0 Å². The summed E-state index contributed by atoms with van der Waals surface area (Å²) in [5.41, 5.74) is 3.71. The molecule has 0 saturated carbocycles. The summed E-state index contributed by atoms with van der Waals surface area (Å²) in [6.45, 7) is 0. The second kappa shape index (κ2) is 5.68. The highest BCUT2D eigenvalue weighted by Crippen LogP contribution is 2.44. The summed E-state index contributed by atoms with van der Waals surface area (Å²) in [5, 5.41) is 10.7. The van der Waals surface area contributed by atoms with Crippen LogP contribution in [0.5, 0.6) is 0 Å². The Morgan fingerprint density at radius 2 is 2.05 bits per heavy atom. The fourth-order valence-corrected chi connectivity index (χ4v) is 5.80. The van der Waals surface area contributed by atoms with E-state index in [4.69, 9.17) is 0 Å². The van der Waals surface area contributed by atoms with Crippen molar-refractivity contribution in [3.05, 3.63) is 54.6 Å². The van der Waals surface area contributed by atoms with Crippen LogP contribution in [-0.2, 0) is 6.42 Å². The molecule has 0 fully saturated rings. The number of hydrogen-bond donors (Lipinski definition) is 1. The summed E-state index contributed by atoms with van der Waals surface area (Å²) < 4.78 is 2.08. The molecule has 0 radical (unpaired) electrons. The Morgan fingerprint density at radius 3 is 2.79 bits per heavy atom. The van der Waals surface area contributed by atoms with Crippen LogP contribution in [-0.4, -0.2) is 5.11 Å². The van der Waals surface area contributed by atoms with Gasteiger partial charge in [0, 0.05) is 11.5 Å². The van der Waals surface area contributed by atoms with Gasteiger partial charge in [0.15, 0.2) is 0 Å². The van der Waals surface area contributed by atoms with Crippen molar-refractivity contribution in [3.63, 3.8) is 0 Å². The van der Waals surface area contributed by atoms with E-state index in [9.17, 15) is 5.11 Å². The number of thiophene rings is 1. The quantitative estimate of drug-likeness (QED) is 0.711. The highest BCUT2D eigenvalue weighted by molar-refractivity contribution is 9.12. The molecule has 3 rings (SSSR count). The molecule has 1 aromatic carbocycles. The Kier molecular flexibility index (Phi) is 4.13. The van der Waals surface area contributed by atoms with Gasteiger partial charge in [-0.1, -0.05) is 24.3 Å². The summed E-state index contributed by atoms with van der Waals surface area (Å²) in [4.78, 5) is 0. The van der Waals surface area contributed by atoms with Gasteiger partial charge in [0.05, 0.1) is 13.7 Å². The molecule has 2 atom stereocenters. The fraction of sp³-hybridized carbons (Fsp3) is 0.333. The van der Waals surface area contributed by atoms with E-state index in [1.807, 2.05) is 6.07 Å². The molecule has 0 aliphatic heterocycles. The predicted molar refractivity (Wildman–Crippen MR) is 86.8 cm³/mol. The van der Waals surface area contributed by atoms with E-state index >= 15 is 0 Å². The molecule has 19 heavy (non-hydrogen) atoms. The maximum atomic E-state index is 10.7. The van der Waals surface area contributed by atoms with Gasteiger partial charge < -0.3 is 5.11 Å². The normalized spacial score (nSPS) is 20.1. The number of aryl methyl sites for hydroxylation is 1. The van der Waals surface area contributed by atoms with Crippen molar-refractivity contribution in [2.75, 3.05) is 0 Å². The minimum atomic E-state index is -0.432. The van der Waals surface area contributed by atoms with Gasteiger partial charge in [0.1, 0.15) is 0 Å². The van der Waals surface area contributed by atoms with Crippen molar-refractivity contribution >= 4 is 43.2 Å². The second-order valence-electron chi connectivity index (χ2n) is 4.92. The molecule has 0 saturated heterocycles. The summed E-state index contributed by atoms with van der Waals surface area (Å²) in [6, 6.07) is 10.5. The highest BCUT2D eigenvalue weighted by atomic mass is 79.9. The van der Waals surface area contributed by atoms with Crippen molar-refractivity contribution in [2.24, 2.45) is 0 Å². The van der Waals surface area contributed by atoms with E-state index in [-0.39, 0.29) is 5.92 Å². The van der Waals surface area contributed by atoms with Crippen LogP contribution in [0.25, 0.3) is 0 Å². The first-order chi connectivity index (χ1) is 9.16. The fourth-order valence-electron chi connectivity index (χ4n) is 2.89. The lowest BCUT2D eigenvalue weighted by molar-refractivity contribution is 0.136. The van der Waals surface area contributed by atoms with Crippen LogP contribution in [0.4, 0.5) is 0 Å². The monoisotopic (exact) mass is 400 g/mol. The van der Waals surface area contributed by atoms with Crippen LogP contribution in [0.2, 0.25) is 0 Å². The zero-order valence-electron chi connectivity index (χ0n) is 10.3. The molecule has 0 amide bonds. The minimum absolute atomic E-state index is 0.211. The first kappa shape index (κ1) is 13.8. The summed E-state index contributed by atoms with van der Waals surface area (Å²) in [7, 11) is 0. The van der Waals surface area contributed by atoms with Crippen LogP contribution in [0.3, 0.4) is 0 Å². The molecule has 1 aromatic heterocycles. The molecule has 1 aliphatic rings. The zero-order valence-corrected chi connectivity index (χ0v) is 14.3. The number of hydrogen-bond acceptors (Lipinski definition) is 2. The van der Waals surface area contributed by atoms with Gasteiger partial charge in [-0.2, -0.15) is 0 Å². The molecule has 1 nitrogen and oxygen atoms in total. The summed E-state index contributed by atoms with van der Waals surface area (Å²) in [5.74, 6) is 0.211. The Morgan fingerprint density at radius 1 is 1.26 bits per heavy atom. The minimum Gasteiger partial charge on any atom is -0.388 e. The van der Waals surface area contributed by atoms with Gasteiger partial charge in [0.25, 0.3) is 0 Å². The Hall–Kier alpha value is -0.160. The molecule has 2 unspecified atom stereocenters. The van der Waals surface area contributed by atoms with E-state index in [0.29, 0.717) is 0 Å². The van der Waals surface area contributed by atoms with E-state index in [1.165, 1.54) is 11.1 Å². The van der Waals surface area contributed by atoms with Gasteiger partial charge in [-0.25, -0.2) is 0 Å². The molecule has 0 bridgehead atoms. The molecule has 1 aliphatic carbocycles. The van der Waals surface area contributed by atoms with Crippen LogP contribution in [0.15, 0.2) is 37.9 Å². The van der Waals surface area contributed by atoms with Gasteiger partial charge in [-0.15, -0.1) is 11.3 Å². The Labute approximate surface area is 133 Å². The first-order valence-corrected chi connectivity index (χ1v) is 8.77. The third kappa shape index (κ3) is 2.68. The van der Waals surface area contributed by atoms with E-state index in [2.05, 4.69) is 56.1 Å². The van der Waals surface area contributed by atoms with Crippen molar-refractivity contribution in [1.29, 1.82) is 0 Å². The Bertz CT molecular complexity index is 594. The average Bonchev–Trinajstić information content (AvgIpc) is 2.76. The number of halogens is 2. The molecular weight excluding hydrogens is 388 g/mol. The lowest BCUT2D eigenvalue weighted by atomic mass is 9.78. The number of rotatable bonds is 2. The molecule has 100 valence electrons. The topological polar surface area (TPSA) is 20.2 Å². The molecule has 1 heterocycles. The molecule has 0 spiro atoms. The Balaban J connectivity index is 1.97. The van der Waals surface area contributed by atoms with E-state index < -0.39 is 6.10 Å². The number of benzene rings is 1. The SMILES string of the molecule is OC(c1cc(Br)sc1Br)C1CCCc2ccccc21. The van der Waals surface area contributed by atoms with Gasteiger partial charge in [-0.3, -0.25) is 0 Å². The standard InChI is InChI=1S/C15H14Br2OS/c16-13-8-12(15(17)19-13)14(18)11-7-3-5-9-4-1-2-6-10(9)11/h1-2,4,6,8,11,14,18H,3,5,7H2. The first-order valence-electron chi connectivity index (χ1n) is 6.37. The van der Waals surface area contributed by atoms with Crippen molar-refractivity contribution in [1.82, 2.24) is 0 Å². The average molecular weight is 402 g/mol. The molecule has 4 heteroatoms. The van der Waals surface area contributed by atoms with Crippen LogP contribution in [0, 0.1) is 0 Å². The second-order valence-corrected chi connectivity index (χ2v) is 8.67. The molecule has 1 N–H and O–H groups in total. The van der Waals surface area contributed by atoms with Crippen LogP contribution < -0.4 is 0 Å². The van der Waals surface area contributed by atoms with Gasteiger partial charge >= 0.3 is 0 Å². The molecule has 2 aromatic rings. The lowest BCUT2D eigenvalue weighted by Crippen LogP contribution is -2.17. The maximum Gasteiger partial charge on any atom is 0.0878 e. The molecular formula is C15H14Br2OS. The van der Waals surface area contributed by atoms with Crippen LogP contribution >= 0.6 is 43.2 Å². The predicted octanol–water partition coefficient (Wildman–Crippen LogP) is 5.43. The van der Waals surface area contributed by atoms with E-state index in [0.717, 1.165) is 32.4 Å². The number of fused-ring (bicyclic) bond motifs is 1. The summed E-state index contributed by atoms with van der Waals surface area (Å²) in [6.07, 6.45) is 2.91. The van der Waals surface area contributed by atoms with Gasteiger partial charge in [0.2, 0.25) is 0 Å². The zero-order chi connectivity index (χ0) is 13.4. The van der Waals surface area contributed by atoms with E-state index in [1.54, 1.807) is 11.3 Å². The van der Waals surface area contributed by atoms with Crippen molar-refractivity contribution < 1.29 is 5.11 Å². The number of aliphatic hydroxyl groups excluding tert-OH is 1. The lowest BCUT2D eigenvalue weighted by Gasteiger charge is -2.29. The van der Waals surface area contributed by atoms with Gasteiger partial charge in [-0.05, 0) is 68.3 Å². The van der Waals surface area contributed by atoms with Crippen LogP contribution in [0.1, 0.15) is 41.6 Å². The maximum absolute atomic E-state index is 10.7. The number of aliphatic hydroxyl groups is 1. The largest absolute Gasteiger partial charge is 0.388 e.